The molecule has 85 heavy (non-hydrogen) atoms. The van der Waals surface area contributed by atoms with Gasteiger partial charge in [-0.2, -0.15) is 25.3 Å². The van der Waals surface area contributed by atoms with Crippen molar-refractivity contribution in [3.8, 4) is 0 Å². The molecule has 5 atom stereocenters. The Morgan fingerprint density at radius 2 is 0.682 bits per heavy atom. The van der Waals surface area contributed by atoms with E-state index in [9.17, 15) is 67.7 Å². The van der Waals surface area contributed by atoms with Gasteiger partial charge in [0.15, 0.2) is 4.90 Å². The van der Waals surface area contributed by atoms with Crippen LogP contribution in [0.5, 0.6) is 0 Å². The molecule has 0 aliphatic carbocycles. The van der Waals surface area contributed by atoms with Gasteiger partial charge < -0.3 is 48.9 Å². The maximum atomic E-state index is 11.5. The predicted octanol–water partition coefficient (Wildman–Crippen LogP) is 11.6. The van der Waals surface area contributed by atoms with Crippen LogP contribution in [0.4, 0.5) is 0 Å². The summed E-state index contributed by atoms with van der Waals surface area (Å²) in [5, 5.41) is 0. The first-order valence-corrected chi connectivity index (χ1v) is 40.7. The summed E-state index contributed by atoms with van der Waals surface area (Å²) in [5.41, 5.74) is 5.73. The van der Waals surface area contributed by atoms with Crippen molar-refractivity contribution >= 4 is 68.3 Å². The van der Waals surface area contributed by atoms with E-state index < -0.39 is 78.9 Å². The number of rotatable bonds is 23. The van der Waals surface area contributed by atoms with E-state index in [0.717, 1.165) is 51.0 Å². The van der Waals surface area contributed by atoms with Gasteiger partial charge in [-0.1, -0.05) is 171 Å². The predicted molar refractivity (Wildman–Crippen MR) is 335 cm³/mol. The van der Waals surface area contributed by atoms with Crippen LogP contribution in [0, 0.1) is 0 Å². The molecule has 492 valence electrons. The normalized spacial score (nSPS) is 14.0. The smallest absolute Gasteiger partial charge is 0.324 e. The quantitative estimate of drug-likeness (QED) is 0.0242. The Labute approximate surface area is 503 Å². The average molecular weight is 1370 g/mol. The third-order valence-electron chi connectivity index (χ3n) is 12.8. The third kappa shape index (κ3) is 47.0. The molecule has 4 rings (SSSR count). The summed E-state index contributed by atoms with van der Waals surface area (Å²) >= 11 is 0. The first kappa shape index (κ1) is 86.6. The zero-order valence-corrected chi connectivity index (χ0v) is 57.0. The summed E-state index contributed by atoms with van der Waals surface area (Å²) in [4.78, 5) is 88.3. The second-order valence-corrected chi connectivity index (χ2v) is 34.8. The summed E-state index contributed by atoms with van der Waals surface area (Å²) < 4.78 is 133. The fourth-order valence-corrected chi connectivity index (χ4v) is 11.6. The Morgan fingerprint density at radius 3 is 0.906 bits per heavy atom. The highest BCUT2D eigenvalue weighted by Crippen LogP contribution is 2.70. The maximum absolute atomic E-state index is 11.5. The second-order valence-electron chi connectivity index (χ2n) is 20.5. The highest BCUT2D eigenvalue weighted by atomic mass is 32.2. The fraction of sp³-hybridized carbons (Fsp3) is 0.547. The average Bonchev–Trinajstić information content (AvgIpc) is 3.26. The molecule has 0 amide bonds. The van der Waals surface area contributed by atoms with E-state index in [4.69, 9.17) is 43.0 Å². The van der Waals surface area contributed by atoms with Crippen LogP contribution in [-0.4, -0.2) is 117 Å². The SMILES string of the molecule is CCC(C)c1ccc(CP(=O)(O)O)cc1.CCC(C)c1ccc(CP(=O)(O)O)cc1.CCC(CCCC(C)(P(=O)(O)O)P(=O)(O)O)c1ccccc1.CCC(CCCC(C)P(=O)(O)O)c1ccccc1.CS(=O)(=O)O.CS(=O)(=O)O.CS(=O)(=O)O. The van der Waals surface area contributed by atoms with Crippen LogP contribution in [0.3, 0.4) is 0 Å². The van der Waals surface area contributed by atoms with Gasteiger partial charge in [0, 0.05) is 0 Å². The minimum absolute atomic E-state index is 0.173. The molecule has 4 aromatic rings. The molecule has 0 fully saturated rings. The summed E-state index contributed by atoms with van der Waals surface area (Å²) in [6.45, 7) is 15.3. The zero-order chi connectivity index (χ0) is 67.1. The topological polar surface area (TPSA) is 451 Å². The van der Waals surface area contributed by atoms with Gasteiger partial charge in [0.05, 0.1) is 36.8 Å². The van der Waals surface area contributed by atoms with E-state index in [1.54, 1.807) is 31.2 Å². The van der Waals surface area contributed by atoms with Crippen LogP contribution in [0.15, 0.2) is 109 Å². The van der Waals surface area contributed by atoms with Crippen molar-refractivity contribution in [3.05, 3.63) is 143 Å². The van der Waals surface area contributed by atoms with E-state index in [1.165, 1.54) is 16.7 Å². The lowest BCUT2D eigenvalue weighted by Crippen LogP contribution is -2.25. The zero-order valence-electron chi connectivity index (χ0n) is 50.0. The van der Waals surface area contributed by atoms with Crippen molar-refractivity contribution in [1.82, 2.24) is 0 Å². The highest BCUT2D eigenvalue weighted by Gasteiger charge is 2.55. The standard InChI is InChI=1S/C14H24O6P2.C14H23O3P.2C11H17O3P.3CH4O3S/c1-3-12(13-8-5-4-6-9-13)10-7-11-14(2,21(15,16)17)22(18,19)20;1-3-13(14-9-5-4-6-10-14)11-7-8-12(2)18(15,16)17;2*1-3-9(2)11-6-4-10(5-7-11)8-15(12,13)14;3*1-5(2,3)4/h4-6,8-9,12H,3,7,10-11H2,1-2H3,(H2,15,16,17)(H2,18,19,20);4-6,9-10,12-13H,3,7-8,11H2,1-2H3,(H2,15,16,17);2*4-7,9H,3,8H2,1-2H3,(H2,12,13,14);3*1H3,(H,2,3,4). The largest absolute Gasteiger partial charge is 0.343 e. The van der Waals surface area contributed by atoms with Crippen molar-refractivity contribution < 1.29 is 111 Å². The van der Waals surface area contributed by atoms with Crippen LogP contribution in [-0.2, 0) is 65.5 Å². The van der Waals surface area contributed by atoms with Gasteiger partial charge in [-0.25, -0.2) is 0 Å². The Kier molecular flexibility index (Phi) is 40.9. The summed E-state index contributed by atoms with van der Waals surface area (Å²) in [5.74, 6) is 1.69. The Hall–Kier alpha value is -2.64. The molecule has 32 heteroatoms. The van der Waals surface area contributed by atoms with E-state index >= 15 is 0 Å². The van der Waals surface area contributed by atoms with Gasteiger partial charge in [-0.3, -0.25) is 36.5 Å². The van der Waals surface area contributed by atoms with Crippen molar-refractivity contribution in [2.75, 3.05) is 18.8 Å². The van der Waals surface area contributed by atoms with Crippen molar-refractivity contribution in [2.24, 2.45) is 0 Å². The lowest BCUT2D eigenvalue weighted by Gasteiger charge is -2.31. The van der Waals surface area contributed by atoms with E-state index in [-0.39, 0.29) is 24.7 Å². The van der Waals surface area contributed by atoms with Gasteiger partial charge in [0.2, 0.25) is 0 Å². The third-order valence-corrected chi connectivity index (χ3v) is 20.3. The Balaban J connectivity index is -0.000000981. The number of benzene rings is 4. The van der Waals surface area contributed by atoms with Gasteiger partial charge in [0.1, 0.15) is 0 Å². The summed E-state index contributed by atoms with van der Waals surface area (Å²) in [7, 11) is -32.6. The lowest BCUT2D eigenvalue weighted by atomic mass is 9.91. The summed E-state index contributed by atoms with van der Waals surface area (Å²) in [6, 6.07) is 35.0. The molecular weight excluding hydrogens is 1270 g/mol. The van der Waals surface area contributed by atoms with E-state index in [0.29, 0.717) is 66.9 Å². The molecule has 5 unspecified atom stereocenters. The highest BCUT2D eigenvalue weighted by molar-refractivity contribution is 7.85. The summed E-state index contributed by atoms with van der Waals surface area (Å²) in [6.07, 6.45) is 9.03. The van der Waals surface area contributed by atoms with E-state index in [2.05, 4.69) is 46.8 Å². The van der Waals surface area contributed by atoms with Gasteiger partial charge >= 0.3 is 38.0 Å². The first-order valence-electron chi connectivity index (χ1n) is 26.6. The van der Waals surface area contributed by atoms with Crippen LogP contribution in [0.2, 0.25) is 0 Å². The van der Waals surface area contributed by atoms with Crippen molar-refractivity contribution in [2.45, 2.75) is 166 Å². The Morgan fingerprint density at radius 1 is 0.412 bits per heavy atom. The van der Waals surface area contributed by atoms with Gasteiger partial charge in [-0.15, -0.1) is 0 Å². The van der Waals surface area contributed by atoms with Gasteiger partial charge in [0.25, 0.3) is 30.4 Å². The molecule has 0 spiro atoms. The maximum Gasteiger partial charge on any atom is 0.343 e. The molecule has 0 heterocycles. The van der Waals surface area contributed by atoms with Gasteiger partial charge in [-0.05, 0) is 115 Å². The molecule has 0 saturated heterocycles. The minimum Gasteiger partial charge on any atom is -0.324 e. The monoisotopic (exact) mass is 1360 g/mol. The molecule has 0 radical (unpaired) electrons. The molecular formula is C53H93O24P5S3. The Bertz CT molecular complexity index is 2880. The fourth-order valence-electron chi connectivity index (χ4n) is 7.49. The first-order chi connectivity index (χ1) is 38.3. The van der Waals surface area contributed by atoms with Crippen molar-refractivity contribution in [1.29, 1.82) is 0 Å². The van der Waals surface area contributed by atoms with Crippen LogP contribution >= 0.6 is 38.0 Å². The molecule has 0 aliphatic heterocycles. The van der Waals surface area contributed by atoms with Crippen LogP contribution in [0.1, 0.15) is 177 Å². The van der Waals surface area contributed by atoms with Crippen molar-refractivity contribution in [3.63, 3.8) is 0 Å². The molecule has 24 nitrogen and oxygen atoms in total. The molecule has 0 aromatic heterocycles. The van der Waals surface area contributed by atoms with E-state index in [1.807, 2.05) is 79.7 Å². The number of hydrogen-bond acceptors (Lipinski definition) is 11. The molecule has 0 bridgehead atoms. The van der Waals surface area contributed by atoms with Crippen LogP contribution < -0.4 is 0 Å². The molecule has 0 aliphatic rings. The van der Waals surface area contributed by atoms with Crippen LogP contribution in [0.25, 0.3) is 0 Å². The second kappa shape index (κ2) is 40.2. The molecule has 13 N–H and O–H groups in total. The molecule has 0 saturated carbocycles. The minimum atomic E-state index is -4.91. The number of hydrogen-bond donors (Lipinski definition) is 13. The lowest BCUT2D eigenvalue weighted by molar-refractivity contribution is 0.303. The molecule has 4 aromatic carbocycles.